The van der Waals surface area contributed by atoms with Gasteiger partial charge in [0.05, 0.1) is 0 Å². The summed E-state index contributed by atoms with van der Waals surface area (Å²) in [6, 6.07) is 4.81. The van der Waals surface area contributed by atoms with Gasteiger partial charge >= 0.3 is 12.0 Å². The fourth-order valence-electron chi connectivity index (χ4n) is 1.72. The van der Waals surface area contributed by atoms with Crippen molar-refractivity contribution in [1.82, 2.24) is 10.6 Å². The molecule has 110 valence electrons. The molecule has 3 N–H and O–H groups in total. The zero-order valence-electron chi connectivity index (χ0n) is 11.5. The summed E-state index contributed by atoms with van der Waals surface area (Å²) in [5, 5.41) is 13.8. The summed E-state index contributed by atoms with van der Waals surface area (Å²) in [7, 11) is 0. The zero-order chi connectivity index (χ0) is 15.1. The molecule has 0 aromatic heterocycles. The van der Waals surface area contributed by atoms with Gasteiger partial charge in [0, 0.05) is 6.54 Å². The van der Waals surface area contributed by atoms with Crippen molar-refractivity contribution in [2.45, 2.75) is 26.3 Å². The average molecular weight is 282 g/mol. The molecule has 1 aromatic rings. The number of hydrogen-bond donors (Lipinski definition) is 3. The van der Waals surface area contributed by atoms with E-state index in [-0.39, 0.29) is 18.3 Å². The summed E-state index contributed by atoms with van der Waals surface area (Å²) in [4.78, 5) is 22.5. The zero-order valence-corrected chi connectivity index (χ0v) is 11.5. The van der Waals surface area contributed by atoms with Crippen LogP contribution in [0.25, 0.3) is 0 Å². The third kappa shape index (κ3) is 4.87. The fourth-order valence-corrected chi connectivity index (χ4v) is 1.72. The summed E-state index contributed by atoms with van der Waals surface area (Å²) in [5.74, 6) is -1.62. The molecule has 0 aliphatic rings. The third-order valence-electron chi connectivity index (χ3n) is 2.86. The van der Waals surface area contributed by atoms with Crippen molar-refractivity contribution in [3.63, 3.8) is 0 Å². The standard InChI is InChI=1S/C14H19FN2O3/c1-9(2)12(13(18)19)17-14(20)16-8-7-10-5-3-4-6-11(10)15/h3-6,9,12H,7-8H2,1-2H3,(H,18,19)(H2,16,17,20)/t12-/m0/s1. The lowest BCUT2D eigenvalue weighted by molar-refractivity contribution is -0.140. The molecule has 0 fully saturated rings. The molecule has 1 aromatic carbocycles. The van der Waals surface area contributed by atoms with E-state index in [1.165, 1.54) is 6.07 Å². The minimum absolute atomic E-state index is 0.218. The van der Waals surface area contributed by atoms with Gasteiger partial charge in [-0.05, 0) is 24.0 Å². The Morgan fingerprint density at radius 3 is 2.50 bits per heavy atom. The van der Waals surface area contributed by atoms with E-state index >= 15 is 0 Å². The van der Waals surface area contributed by atoms with Crippen molar-refractivity contribution < 1.29 is 19.1 Å². The Kier molecular flexibility index (Phi) is 5.96. The molecular formula is C14H19FN2O3. The highest BCUT2D eigenvalue weighted by Crippen LogP contribution is 2.06. The van der Waals surface area contributed by atoms with E-state index in [2.05, 4.69) is 10.6 Å². The number of carboxylic acid groups (broad SMARTS) is 1. The Morgan fingerprint density at radius 2 is 1.95 bits per heavy atom. The van der Waals surface area contributed by atoms with E-state index in [0.29, 0.717) is 12.0 Å². The number of amides is 2. The fraction of sp³-hybridized carbons (Fsp3) is 0.429. The average Bonchev–Trinajstić information content (AvgIpc) is 2.37. The van der Waals surface area contributed by atoms with Crippen LogP contribution in [0.5, 0.6) is 0 Å². The summed E-state index contributed by atoms with van der Waals surface area (Å²) >= 11 is 0. The van der Waals surface area contributed by atoms with Gasteiger partial charge in [0.25, 0.3) is 0 Å². The van der Waals surface area contributed by atoms with Crippen LogP contribution in [0.3, 0.4) is 0 Å². The quantitative estimate of drug-likeness (QED) is 0.744. The Hall–Kier alpha value is -2.11. The molecule has 0 spiro atoms. The van der Waals surface area contributed by atoms with Crippen molar-refractivity contribution in [2.75, 3.05) is 6.54 Å². The lowest BCUT2D eigenvalue weighted by atomic mass is 10.1. The number of nitrogens with one attached hydrogen (secondary N) is 2. The number of benzene rings is 1. The van der Waals surface area contributed by atoms with Crippen molar-refractivity contribution in [3.05, 3.63) is 35.6 Å². The highest BCUT2D eigenvalue weighted by molar-refractivity contribution is 5.82. The molecular weight excluding hydrogens is 263 g/mol. The molecule has 2 amide bonds. The maximum atomic E-state index is 13.3. The molecule has 1 atom stereocenters. The van der Waals surface area contributed by atoms with Crippen LogP contribution in [-0.4, -0.2) is 29.7 Å². The number of carbonyl (C=O) groups excluding carboxylic acids is 1. The van der Waals surface area contributed by atoms with Crippen LogP contribution in [0.4, 0.5) is 9.18 Å². The molecule has 20 heavy (non-hydrogen) atoms. The second kappa shape index (κ2) is 7.47. The van der Waals surface area contributed by atoms with E-state index < -0.39 is 18.0 Å². The van der Waals surface area contributed by atoms with Crippen LogP contribution < -0.4 is 10.6 Å². The highest BCUT2D eigenvalue weighted by atomic mass is 19.1. The van der Waals surface area contributed by atoms with Gasteiger partial charge in [-0.1, -0.05) is 32.0 Å². The first-order valence-corrected chi connectivity index (χ1v) is 6.42. The van der Waals surface area contributed by atoms with E-state index in [1.807, 2.05) is 0 Å². The molecule has 0 heterocycles. The van der Waals surface area contributed by atoms with Crippen LogP contribution in [-0.2, 0) is 11.2 Å². The van der Waals surface area contributed by atoms with Crippen molar-refractivity contribution in [3.8, 4) is 0 Å². The van der Waals surface area contributed by atoms with Crippen molar-refractivity contribution in [2.24, 2.45) is 5.92 Å². The maximum Gasteiger partial charge on any atom is 0.326 e. The second-order valence-corrected chi connectivity index (χ2v) is 4.80. The Morgan fingerprint density at radius 1 is 1.30 bits per heavy atom. The van der Waals surface area contributed by atoms with E-state index in [1.54, 1.807) is 32.0 Å². The van der Waals surface area contributed by atoms with Crippen LogP contribution >= 0.6 is 0 Å². The molecule has 0 saturated carbocycles. The van der Waals surface area contributed by atoms with Gasteiger partial charge in [-0.25, -0.2) is 14.0 Å². The Balaban J connectivity index is 2.40. The molecule has 0 saturated heterocycles. The first kappa shape index (κ1) is 15.9. The van der Waals surface area contributed by atoms with Gasteiger partial charge in [0.1, 0.15) is 11.9 Å². The number of aliphatic carboxylic acids is 1. The number of hydrogen-bond acceptors (Lipinski definition) is 2. The summed E-state index contributed by atoms with van der Waals surface area (Å²) in [5.41, 5.74) is 0.506. The molecule has 0 radical (unpaired) electrons. The van der Waals surface area contributed by atoms with Crippen LogP contribution in [0.2, 0.25) is 0 Å². The SMILES string of the molecule is CC(C)[C@H](NC(=O)NCCc1ccccc1F)C(=O)O. The summed E-state index contributed by atoms with van der Waals surface area (Å²) in [6.07, 6.45) is 0.347. The molecule has 0 aliphatic heterocycles. The van der Waals surface area contributed by atoms with E-state index in [4.69, 9.17) is 5.11 Å². The largest absolute Gasteiger partial charge is 0.480 e. The first-order chi connectivity index (χ1) is 9.41. The summed E-state index contributed by atoms with van der Waals surface area (Å²) < 4.78 is 13.3. The van der Waals surface area contributed by atoms with Crippen LogP contribution in [0.15, 0.2) is 24.3 Å². The van der Waals surface area contributed by atoms with Gasteiger partial charge in [-0.15, -0.1) is 0 Å². The minimum atomic E-state index is -1.08. The number of halogens is 1. The number of carbonyl (C=O) groups is 2. The molecule has 1 rings (SSSR count). The van der Waals surface area contributed by atoms with E-state index in [0.717, 1.165) is 0 Å². The number of carboxylic acids is 1. The van der Waals surface area contributed by atoms with E-state index in [9.17, 15) is 14.0 Å². The van der Waals surface area contributed by atoms with Crippen LogP contribution in [0.1, 0.15) is 19.4 Å². The minimum Gasteiger partial charge on any atom is -0.480 e. The first-order valence-electron chi connectivity index (χ1n) is 6.42. The van der Waals surface area contributed by atoms with Crippen molar-refractivity contribution in [1.29, 1.82) is 0 Å². The highest BCUT2D eigenvalue weighted by Gasteiger charge is 2.23. The molecule has 0 bridgehead atoms. The summed E-state index contributed by atoms with van der Waals surface area (Å²) in [6.45, 7) is 3.65. The predicted octanol–water partition coefficient (Wildman–Crippen LogP) is 1.78. The van der Waals surface area contributed by atoms with Gasteiger partial charge < -0.3 is 15.7 Å². The molecule has 0 aliphatic carbocycles. The van der Waals surface area contributed by atoms with Gasteiger partial charge in [-0.3, -0.25) is 0 Å². The topological polar surface area (TPSA) is 78.4 Å². The lowest BCUT2D eigenvalue weighted by Gasteiger charge is -2.18. The molecule has 0 unspecified atom stereocenters. The molecule has 6 heteroatoms. The Labute approximate surface area is 117 Å². The smallest absolute Gasteiger partial charge is 0.326 e. The normalized spacial score (nSPS) is 12.0. The second-order valence-electron chi connectivity index (χ2n) is 4.80. The Bertz CT molecular complexity index is 477. The van der Waals surface area contributed by atoms with Crippen molar-refractivity contribution >= 4 is 12.0 Å². The molecule has 5 nitrogen and oxygen atoms in total. The lowest BCUT2D eigenvalue weighted by Crippen LogP contribution is -2.48. The monoisotopic (exact) mass is 282 g/mol. The van der Waals surface area contributed by atoms with Gasteiger partial charge in [0.2, 0.25) is 0 Å². The third-order valence-corrected chi connectivity index (χ3v) is 2.86. The van der Waals surface area contributed by atoms with Gasteiger partial charge in [-0.2, -0.15) is 0 Å². The predicted molar refractivity (Wildman–Crippen MR) is 72.9 cm³/mol. The van der Waals surface area contributed by atoms with Gasteiger partial charge in [0.15, 0.2) is 0 Å². The number of rotatable bonds is 6. The maximum absolute atomic E-state index is 13.3. The van der Waals surface area contributed by atoms with Crippen LogP contribution in [0, 0.1) is 11.7 Å². The number of urea groups is 1.